The van der Waals surface area contributed by atoms with Gasteiger partial charge in [-0.2, -0.15) is 0 Å². The van der Waals surface area contributed by atoms with Crippen LogP contribution in [0.5, 0.6) is 11.5 Å². The van der Waals surface area contributed by atoms with Crippen molar-refractivity contribution < 1.29 is 19.8 Å². The molecule has 3 rings (SSSR count). The summed E-state index contributed by atoms with van der Waals surface area (Å²) in [6, 6.07) is 3.74. The van der Waals surface area contributed by atoms with E-state index in [0.29, 0.717) is 26.2 Å². The molecule has 20 heavy (non-hydrogen) atoms. The average molecular weight is 277 g/mol. The van der Waals surface area contributed by atoms with Gasteiger partial charge in [0.25, 0.3) is 5.91 Å². The highest BCUT2D eigenvalue weighted by Crippen LogP contribution is 2.25. The van der Waals surface area contributed by atoms with E-state index in [1.165, 1.54) is 18.2 Å². The van der Waals surface area contributed by atoms with E-state index in [-0.39, 0.29) is 35.0 Å². The van der Waals surface area contributed by atoms with Gasteiger partial charge in [-0.15, -0.1) is 0 Å². The highest BCUT2D eigenvalue weighted by molar-refractivity contribution is 5.97. The highest BCUT2D eigenvalue weighted by atomic mass is 16.3. The fourth-order valence-electron chi connectivity index (χ4n) is 2.65. The van der Waals surface area contributed by atoms with Gasteiger partial charge in [-0.3, -0.25) is 4.79 Å². The Hall–Kier alpha value is -2.44. The van der Waals surface area contributed by atoms with Crippen molar-refractivity contribution in [1.29, 1.82) is 0 Å². The Balaban J connectivity index is 1.78. The monoisotopic (exact) mass is 277 g/mol. The SMILES string of the molecule is O=C(c1cc(O)ccc1O)N1CCN2C(=O)NCC2C1. The van der Waals surface area contributed by atoms with Crippen LogP contribution in [0.1, 0.15) is 10.4 Å². The molecule has 0 bridgehead atoms. The van der Waals surface area contributed by atoms with Crippen molar-refractivity contribution in [1.82, 2.24) is 15.1 Å². The molecule has 0 radical (unpaired) electrons. The van der Waals surface area contributed by atoms with Gasteiger partial charge >= 0.3 is 6.03 Å². The van der Waals surface area contributed by atoms with Crippen LogP contribution in [-0.2, 0) is 0 Å². The maximum absolute atomic E-state index is 12.4. The molecule has 3 amide bonds. The number of benzene rings is 1. The molecule has 3 N–H and O–H groups in total. The smallest absolute Gasteiger partial charge is 0.317 e. The summed E-state index contributed by atoms with van der Waals surface area (Å²) in [6.07, 6.45) is 0. The van der Waals surface area contributed by atoms with E-state index in [0.717, 1.165) is 0 Å². The van der Waals surface area contributed by atoms with Crippen molar-refractivity contribution in [2.45, 2.75) is 6.04 Å². The van der Waals surface area contributed by atoms with Crippen molar-refractivity contribution in [3.63, 3.8) is 0 Å². The van der Waals surface area contributed by atoms with E-state index >= 15 is 0 Å². The number of nitrogens with one attached hydrogen (secondary N) is 1. The lowest BCUT2D eigenvalue weighted by Crippen LogP contribution is -2.53. The van der Waals surface area contributed by atoms with Gasteiger partial charge in [-0.1, -0.05) is 0 Å². The predicted molar refractivity (Wildman–Crippen MR) is 69.6 cm³/mol. The fourth-order valence-corrected chi connectivity index (χ4v) is 2.65. The van der Waals surface area contributed by atoms with E-state index in [1.807, 2.05) is 0 Å². The molecule has 7 nitrogen and oxygen atoms in total. The van der Waals surface area contributed by atoms with Gasteiger partial charge in [0.1, 0.15) is 11.5 Å². The third-order valence-corrected chi connectivity index (χ3v) is 3.73. The van der Waals surface area contributed by atoms with Crippen molar-refractivity contribution in [2.75, 3.05) is 26.2 Å². The summed E-state index contributed by atoms with van der Waals surface area (Å²) in [5.41, 5.74) is 0.0794. The standard InChI is InChI=1S/C13H15N3O4/c17-9-1-2-11(18)10(5-9)12(19)15-3-4-16-8(7-15)6-14-13(16)20/h1-2,5,8,17-18H,3-4,6-7H2,(H,14,20). The van der Waals surface area contributed by atoms with Crippen LogP contribution in [0.4, 0.5) is 4.79 Å². The minimum Gasteiger partial charge on any atom is -0.508 e. The summed E-state index contributed by atoms with van der Waals surface area (Å²) in [5, 5.41) is 21.9. The molecular weight excluding hydrogens is 262 g/mol. The molecule has 1 atom stereocenters. The first-order valence-electron chi connectivity index (χ1n) is 6.42. The minimum absolute atomic E-state index is 0.0281. The maximum atomic E-state index is 12.4. The van der Waals surface area contributed by atoms with Crippen molar-refractivity contribution in [3.05, 3.63) is 23.8 Å². The molecule has 1 aromatic carbocycles. The normalized spacial score (nSPS) is 21.6. The number of fused-ring (bicyclic) bond motifs is 1. The lowest BCUT2D eigenvalue weighted by Gasteiger charge is -2.36. The van der Waals surface area contributed by atoms with Crippen molar-refractivity contribution >= 4 is 11.9 Å². The summed E-state index contributed by atoms with van der Waals surface area (Å²) >= 11 is 0. The number of carbonyl (C=O) groups excluding carboxylic acids is 2. The number of amides is 3. The molecule has 0 aliphatic carbocycles. The average Bonchev–Trinajstić information content (AvgIpc) is 2.82. The number of nitrogens with zero attached hydrogens (tertiary/aromatic N) is 2. The Kier molecular flexibility index (Phi) is 2.89. The molecule has 2 aliphatic rings. The second-order valence-electron chi connectivity index (χ2n) is 4.99. The van der Waals surface area contributed by atoms with Gasteiger partial charge in [-0.05, 0) is 18.2 Å². The van der Waals surface area contributed by atoms with Crippen LogP contribution < -0.4 is 5.32 Å². The molecule has 0 saturated carbocycles. The van der Waals surface area contributed by atoms with Crippen LogP contribution >= 0.6 is 0 Å². The predicted octanol–water partition coefficient (Wildman–Crippen LogP) is -0.0526. The van der Waals surface area contributed by atoms with Crippen LogP contribution in [0.2, 0.25) is 0 Å². The zero-order chi connectivity index (χ0) is 14.3. The number of hydrogen-bond donors (Lipinski definition) is 3. The Morgan fingerprint density at radius 1 is 1.30 bits per heavy atom. The van der Waals surface area contributed by atoms with Gasteiger partial charge < -0.3 is 25.3 Å². The lowest BCUT2D eigenvalue weighted by atomic mass is 10.1. The molecule has 2 heterocycles. The number of phenols is 2. The molecule has 0 aromatic heterocycles. The third-order valence-electron chi connectivity index (χ3n) is 3.73. The molecule has 1 unspecified atom stereocenters. The van der Waals surface area contributed by atoms with Gasteiger partial charge in [0.2, 0.25) is 0 Å². The van der Waals surface area contributed by atoms with Gasteiger partial charge in [0, 0.05) is 26.2 Å². The molecule has 2 fully saturated rings. The molecule has 0 spiro atoms. The maximum Gasteiger partial charge on any atom is 0.317 e. The van der Waals surface area contributed by atoms with E-state index in [9.17, 15) is 19.8 Å². The Bertz CT molecular complexity index is 575. The second-order valence-corrected chi connectivity index (χ2v) is 4.99. The van der Waals surface area contributed by atoms with Gasteiger partial charge in [0.05, 0.1) is 11.6 Å². The number of rotatable bonds is 1. The van der Waals surface area contributed by atoms with Gasteiger partial charge in [0.15, 0.2) is 0 Å². The zero-order valence-corrected chi connectivity index (χ0v) is 10.7. The fraction of sp³-hybridized carbons (Fsp3) is 0.385. The summed E-state index contributed by atoms with van der Waals surface area (Å²) in [5.74, 6) is -0.559. The molecule has 2 aliphatic heterocycles. The Labute approximate surface area is 115 Å². The van der Waals surface area contributed by atoms with E-state index in [2.05, 4.69) is 5.32 Å². The quantitative estimate of drug-likeness (QED) is 0.627. The molecule has 2 saturated heterocycles. The first kappa shape index (κ1) is 12.6. The molecular formula is C13H15N3O4. The Morgan fingerprint density at radius 2 is 2.10 bits per heavy atom. The number of piperazine rings is 1. The van der Waals surface area contributed by atoms with Crippen molar-refractivity contribution in [3.8, 4) is 11.5 Å². The number of carbonyl (C=O) groups is 2. The van der Waals surface area contributed by atoms with Crippen LogP contribution in [0.3, 0.4) is 0 Å². The molecule has 106 valence electrons. The highest BCUT2D eigenvalue weighted by Gasteiger charge is 2.37. The van der Waals surface area contributed by atoms with Gasteiger partial charge in [-0.25, -0.2) is 4.79 Å². The number of urea groups is 1. The number of aromatic hydroxyl groups is 2. The van der Waals surface area contributed by atoms with Crippen molar-refractivity contribution in [2.24, 2.45) is 0 Å². The summed E-state index contributed by atoms with van der Waals surface area (Å²) in [6.45, 7) is 1.83. The minimum atomic E-state index is -0.336. The van der Waals surface area contributed by atoms with Crippen LogP contribution in [0.15, 0.2) is 18.2 Å². The summed E-state index contributed by atoms with van der Waals surface area (Å²) < 4.78 is 0. The van der Waals surface area contributed by atoms with Crippen LogP contribution in [0.25, 0.3) is 0 Å². The van der Waals surface area contributed by atoms with E-state index in [4.69, 9.17) is 0 Å². The van der Waals surface area contributed by atoms with Crippen LogP contribution in [0, 0.1) is 0 Å². The lowest BCUT2D eigenvalue weighted by molar-refractivity contribution is 0.0613. The number of hydrogen-bond acceptors (Lipinski definition) is 4. The zero-order valence-electron chi connectivity index (χ0n) is 10.7. The second kappa shape index (κ2) is 4.59. The van der Waals surface area contributed by atoms with E-state index in [1.54, 1.807) is 9.80 Å². The Morgan fingerprint density at radius 3 is 2.90 bits per heavy atom. The first-order valence-corrected chi connectivity index (χ1v) is 6.42. The van der Waals surface area contributed by atoms with E-state index < -0.39 is 0 Å². The number of phenolic OH excluding ortho intramolecular Hbond substituents is 2. The van der Waals surface area contributed by atoms with Crippen LogP contribution in [-0.4, -0.2) is 64.2 Å². The summed E-state index contributed by atoms with van der Waals surface area (Å²) in [4.78, 5) is 27.2. The summed E-state index contributed by atoms with van der Waals surface area (Å²) in [7, 11) is 0. The largest absolute Gasteiger partial charge is 0.508 e. The molecule has 1 aromatic rings. The first-order chi connectivity index (χ1) is 9.56. The molecule has 7 heteroatoms. The topological polar surface area (TPSA) is 93.1 Å². The third kappa shape index (κ3) is 2.01.